The van der Waals surface area contributed by atoms with Gasteiger partial charge >= 0.3 is 6.09 Å². The van der Waals surface area contributed by atoms with Gasteiger partial charge in [-0.05, 0) is 65.5 Å². The molecular formula is C24H38N4O6S. The van der Waals surface area contributed by atoms with Gasteiger partial charge in [0.1, 0.15) is 11.1 Å². The van der Waals surface area contributed by atoms with Crippen LogP contribution >= 0.6 is 0 Å². The van der Waals surface area contributed by atoms with Crippen molar-refractivity contribution in [3.63, 3.8) is 0 Å². The van der Waals surface area contributed by atoms with E-state index in [4.69, 9.17) is 4.74 Å². The van der Waals surface area contributed by atoms with E-state index >= 15 is 0 Å². The van der Waals surface area contributed by atoms with Gasteiger partial charge in [0.15, 0.2) is 5.03 Å². The molecule has 3 atom stereocenters. The molecule has 1 aliphatic carbocycles. The van der Waals surface area contributed by atoms with Crippen LogP contribution in [0.2, 0.25) is 0 Å². The van der Waals surface area contributed by atoms with Crippen molar-refractivity contribution in [3.8, 4) is 0 Å². The third-order valence-corrected chi connectivity index (χ3v) is 8.26. The van der Waals surface area contributed by atoms with Crippen LogP contribution in [-0.4, -0.2) is 70.7 Å². The minimum Gasteiger partial charge on any atom is -0.444 e. The van der Waals surface area contributed by atoms with Crippen molar-refractivity contribution in [2.45, 2.75) is 107 Å². The molecule has 2 fully saturated rings. The molecule has 0 unspecified atom stereocenters. The number of alkyl carbamates (subject to hydrolysis) is 1. The Kier molecular flexibility index (Phi) is 8.44. The molecule has 2 heterocycles. The van der Waals surface area contributed by atoms with Crippen LogP contribution in [0.25, 0.3) is 0 Å². The summed E-state index contributed by atoms with van der Waals surface area (Å²) in [5.74, 6) is -0.757. The third kappa shape index (κ3) is 6.50. The number of hydrogen-bond donors (Lipinski definition) is 3. The zero-order valence-electron chi connectivity index (χ0n) is 21.0. The van der Waals surface area contributed by atoms with E-state index in [2.05, 4.69) is 15.6 Å². The van der Waals surface area contributed by atoms with Gasteiger partial charge < -0.3 is 20.5 Å². The van der Waals surface area contributed by atoms with E-state index in [1.165, 1.54) is 18.3 Å². The van der Waals surface area contributed by atoms with Gasteiger partial charge in [0.25, 0.3) is 15.9 Å². The average molecular weight is 511 g/mol. The highest BCUT2D eigenvalue weighted by Crippen LogP contribution is 2.35. The lowest BCUT2D eigenvalue weighted by Crippen LogP contribution is -2.65. The molecule has 0 radical (unpaired) electrons. The molecule has 10 nitrogen and oxygen atoms in total. The molecule has 0 bridgehead atoms. The first-order valence-electron chi connectivity index (χ1n) is 12.3. The lowest BCUT2D eigenvalue weighted by atomic mass is 9.80. The normalized spacial score (nSPS) is 25.2. The molecule has 0 spiro atoms. The lowest BCUT2D eigenvalue weighted by Gasteiger charge is -2.42. The van der Waals surface area contributed by atoms with E-state index in [0.717, 1.165) is 10.7 Å². The van der Waals surface area contributed by atoms with E-state index < -0.39 is 45.3 Å². The number of pyridine rings is 1. The Bertz CT molecular complexity index is 989. The van der Waals surface area contributed by atoms with Gasteiger partial charge in [-0.3, -0.25) is 4.79 Å². The Morgan fingerprint density at radius 1 is 1.20 bits per heavy atom. The predicted molar refractivity (Wildman–Crippen MR) is 130 cm³/mol. The third-order valence-electron chi connectivity index (χ3n) is 6.53. The number of aliphatic hydroxyl groups excluding tert-OH is 1. The maximum atomic E-state index is 14.3. The smallest absolute Gasteiger partial charge is 0.408 e. The van der Waals surface area contributed by atoms with E-state index in [1.54, 1.807) is 26.8 Å². The van der Waals surface area contributed by atoms with Gasteiger partial charge in [-0.2, -0.15) is 8.42 Å². The number of β-amino-alcohol motifs (C(OH)–C–C–N with tert-alkyl or cyclic N) is 1. The number of nitrogens with one attached hydrogen (secondary N) is 2. The van der Waals surface area contributed by atoms with Gasteiger partial charge in [-0.1, -0.05) is 25.3 Å². The van der Waals surface area contributed by atoms with Crippen molar-refractivity contribution in [1.29, 1.82) is 0 Å². The standard InChI is InChI=1S/C24H38N4O6S/c1-17-11-12-18(19(29)16-26-17)28(35(32,33)20-10-6-9-15-25-20)21(30)24(13-7-5-8-14-24)27-22(31)34-23(2,3)4/h6,9-10,15,17-19,26,29H,5,7-8,11-14,16H2,1-4H3,(H,27,31)/t17-,18+,19+/m1/s1. The molecule has 196 valence electrons. The molecule has 2 amide bonds. The number of amides is 2. The maximum Gasteiger partial charge on any atom is 0.408 e. The predicted octanol–water partition coefficient (Wildman–Crippen LogP) is 2.33. The van der Waals surface area contributed by atoms with Gasteiger partial charge in [-0.25, -0.2) is 14.1 Å². The van der Waals surface area contributed by atoms with Crippen molar-refractivity contribution in [2.75, 3.05) is 6.54 Å². The van der Waals surface area contributed by atoms with Crippen molar-refractivity contribution < 1.29 is 27.9 Å². The number of carbonyl (C=O) groups excluding carboxylic acids is 2. The Labute approximate surface area is 207 Å². The molecule has 1 aromatic heterocycles. The first-order chi connectivity index (χ1) is 16.4. The summed E-state index contributed by atoms with van der Waals surface area (Å²) in [4.78, 5) is 31.1. The number of ether oxygens (including phenoxy) is 1. The van der Waals surface area contributed by atoms with Gasteiger partial charge in [0, 0.05) is 18.8 Å². The van der Waals surface area contributed by atoms with E-state index in [-0.39, 0.29) is 36.9 Å². The minimum atomic E-state index is -4.43. The average Bonchev–Trinajstić information content (AvgIpc) is 2.95. The molecular weight excluding hydrogens is 472 g/mol. The van der Waals surface area contributed by atoms with Crippen LogP contribution < -0.4 is 10.6 Å². The molecule has 35 heavy (non-hydrogen) atoms. The number of aliphatic hydroxyl groups is 1. The summed E-state index contributed by atoms with van der Waals surface area (Å²) >= 11 is 0. The fourth-order valence-electron chi connectivity index (χ4n) is 4.74. The summed E-state index contributed by atoms with van der Waals surface area (Å²) in [6, 6.07) is 3.49. The number of aromatic nitrogens is 1. The topological polar surface area (TPSA) is 138 Å². The Morgan fingerprint density at radius 2 is 1.89 bits per heavy atom. The minimum absolute atomic E-state index is 0.0488. The number of carbonyl (C=O) groups is 2. The Morgan fingerprint density at radius 3 is 2.49 bits per heavy atom. The molecule has 3 N–H and O–H groups in total. The number of sulfonamides is 1. The summed E-state index contributed by atoms with van der Waals surface area (Å²) in [7, 11) is -4.43. The van der Waals surface area contributed by atoms with Crippen LogP contribution in [0.4, 0.5) is 4.79 Å². The van der Waals surface area contributed by atoms with Crippen molar-refractivity contribution in [2.24, 2.45) is 0 Å². The SMILES string of the molecule is C[C@@H]1CC[C@H](N(C(=O)C2(NC(=O)OC(C)(C)C)CCCCC2)S(=O)(=O)c2ccccn2)[C@@H](O)CN1. The number of nitrogens with zero attached hydrogens (tertiary/aromatic N) is 2. The van der Waals surface area contributed by atoms with Crippen molar-refractivity contribution >= 4 is 22.0 Å². The molecule has 1 saturated carbocycles. The molecule has 2 aliphatic rings. The Hall–Kier alpha value is -2.24. The monoisotopic (exact) mass is 510 g/mol. The second kappa shape index (κ2) is 10.8. The summed E-state index contributed by atoms with van der Waals surface area (Å²) in [5, 5.41) is 16.6. The van der Waals surface area contributed by atoms with Crippen LogP contribution in [0.15, 0.2) is 29.4 Å². The maximum absolute atomic E-state index is 14.3. The summed E-state index contributed by atoms with van der Waals surface area (Å²) in [5.41, 5.74) is -2.25. The number of hydrogen-bond acceptors (Lipinski definition) is 8. The van der Waals surface area contributed by atoms with Gasteiger partial charge in [-0.15, -0.1) is 0 Å². The fraction of sp³-hybridized carbons (Fsp3) is 0.708. The zero-order valence-corrected chi connectivity index (χ0v) is 21.8. The van der Waals surface area contributed by atoms with Crippen LogP contribution in [-0.2, 0) is 19.6 Å². The second-order valence-corrected chi connectivity index (χ2v) is 12.3. The summed E-state index contributed by atoms with van der Waals surface area (Å²) in [6.07, 6.45) is 2.99. The van der Waals surface area contributed by atoms with Crippen LogP contribution in [0, 0.1) is 0 Å². The summed E-state index contributed by atoms with van der Waals surface area (Å²) in [6.45, 7) is 7.24. The molecule has 1 aliphatic heterocycles. The van der Waals surface area contributed by atoms with Crippen LogP contribution in [0.1, 0.15) is 72.6 Å². The van der Waals surface area contributed by atoms with E-state index in [9.17, 15) is 23.1 Å². The highest BCUT2D eigenvalue weighted by molar-refractivity contribution is 7.89. The number of rotatable bonds is 5. The molecule has 1 aromatic rings. The van der Waals surface area contributed by atoms with E-state index in [0.29, 0.717) is 19.3 Å². The highest BCUT2D eigenvalue weighted by Gasteiger charge is 2.51. The van der Waals surface area contributed by atoms with Crippen LogP contribution in [0.3, 0.4) is 0 Å². The summed E-state index contributed by atoms with van der Waals surface area (Å²) < 4.78 is 34.0. The molecule has 0 aromatic carbocycles. The van der Waals surface area contributed by atoms with Crippen molar-refractivity contribution in [3.05, 3.63) is 24.4 Å². The Balaban J connectivity index is 2.07. The van der Waals surface area contributed by atoms with Crippen molar-refractivity contribution in [1.82, 2.24) is 19.9 Å². The molecule has 11 heteroatoms. The van der Waals surface area contributed by atoms with Gasteiger partial charge in [0.05, 0.1) is 12.1 Å². The molecule has 1 saturated heterocycles. The largest absolute Gasteiger partial charge is 0.444 e. The van der Waals surface area contributed by atoms with Gasteiger partial charge in [0.2, 0.25) is 0 Å². The first kappa shape index (κ1) is 27.3. The fourth-order valence-corrected chi connectivity index (χ4v) is 6.38. The quantitative estimate of drug-likeness (QED) is 0.549. The lowest BCUT2D eigenvalue weighted by molar-refractivity contribution is -0.138. The van der Waals surface area contributed by atoms with Crippen LogP contribution in [0.5, 0.6) is 0 Å². The molecule has 3 rings (SSSR count). The van der Waals surface area contributed by atoms with E-state index in [1.807, 2.05) is 6.92 Å². The highest BCUT2D eigenvalue weighted by atomic mass is 32.2. The first-order valence-corrected chi connectivity index (χ1v) is 13.7. The zero-order chi connectivity index (χ0) is 25.9. The second-order valence-electron chi connectivity index (χ2n) is 10.6.